The van der Waals surface area contributed by atoms with Gasteiger partial charge in [-0.15, -0.1) is 0 Å². The van der Waals surface area contributed by atoms with Gasteiger partial charge in [-0.1, -0.05) is 55.0 Å². The minimum atomic E-state index is -1.05. The molecular formula is C31H37N3O5S. The van der Waals surface area contributed by atoms with Gasteiger partial charge >= 0.3 is 5.97 Å². The average Bonchev–Trinajstić information content (AvgIpc) is 2.95. The first kappa shape index (κ1) is 31.0. The van der Waals surface area contributed by atoms with Crippen LogP contribution in [-0.4, -0.2) is 51.9 Å². The highest BCUT2D eigenvalue weighted by Gasteiger charge is 2.30. The molecule has 2 unspecified atom stereocenters. The van der Waals surface area contributed by atoms with E-state index in [1.165, 1.54) is 0 Å². The average molecular weight is 564 g/mol. The quantitative estimate of drug-likeness (QED) is 0.145. The lowest BCUT2D eigenvalue weighted by Crippen LogP contribution is -2.46. The van der Waals surface area contributed by atoms with Gasteiger partial charge in [0.2, 0.25) is 5.91 Å². The van der Waals surface area contributed by atoms with E-state index in [9.17, 15) is 24.3 Å². The fourth-order valence-corrected chi connectivity index (χ4v) is 5.00. The second-order valence-corrected chi connectivity index (χ2v) is 10.4. The van der Waals surface area contributed by atoms with Crippen LogP contribution in [0.2, 0.25) is 0 Å². The molecule has 1 heterocycles. The predicted octanol–water partition coefficient (Wildman–Crippen LogP) is 3.80. The van der Waals surface area contributed by atoms with Gasteiger partial charge in [-0.25, -0.2) is 0 Å². The third kappa shape index (κ3) is 9.57. The fourth-order valence-electron chi connectivity index (χ4n) is 4.70. The molecule has 9 heteroatoms. The van der Waals surface area contributed by atoms with Crippen LogP contribution < -0.4 is 11.1 Å². The molecule has 4 N–H and O–H groups in total. The Hall–Kier alpha value is -3.56. The lowest BCUT2D eigenvalue weighted by Gasteiger charge is -2.22. The molecule has 8 nitrogen and oxygen atoms in total. The Morgan fingerprint density at radius 2 is 1.68 bits per heavy atom. The van der Waals surface area contributed by atoms with Crippen molar-refractivity contribution >= 4 is 46.8 Å². The van der Waals surface area contributed by atoms with Crippen LogP contribution in [0.4, 0.5) is 0 Å². The first-order valence-corrected chi connectivity index (χ1v) is 14.2. The number of benzene rings is 2. The number of carbonyl (C=O) groups is 4. The van der Waals surface area contributed by atoms with E-state index in [1.807, 2.05) is 48.5 Å². The van der Waals surface area contributed by atoms with Crippen LogP contribution in [-0.2, 0) is 32.0 Å². The summed E-state index contributed by atoms with van der Waals surface area (Å²) in [6.07, 6.45) is 3.39. The molecule has 1 amide bonds. The summed E-state index contributed by atoms with van der Waals surface area (Å²) in [5.74, 6) is -3.61. The van der Waals surface area contributed by atoms with E-state index in [4.69, 9.17) is 5.73 Å². The van der Waals surface area contributed by atoms with Crippen molar-refractivity contribution in [3.63, 3.8) is 0 Å². The number of pyridine rings is 1. The third-order valence-corrected chi connectivity index (χ3v) is 7.30. The number of hydrogen-bond donors (Lipinski definition) is 4. The molecule has 0 aliphatic rings. The Morgan fingerprint density at radius 3 is 2.35 bits per heavy atom. The molecule has 3 aromatic rings. The number of nitrogens with zero attached hydrogens (tertiary/aromatic N) is 1. The maximum absolute atomic E-state index is 13.4. The molecule has 40 heavy (non-hydrogen) atoms. The standard InChI is InChI=1S/C31H37N3O5S/c32-13-5-3-9-24(31(38)39)19-29(36)28(20-40)34-30(37)25(17-26-10-4-6-14-33-26)18-27(35)16-21-11-12-22-7-1-2-8-23(22)15-21/h1-2,4,6-8,10-12,14-15,24-25,28,40H,3,5,9,13,16-20,32H2,(H,34,37)(H,38,39)/t24?,25?,28-/m0/s1. The van der Waals surface area contributed by atoms with Crippen LogP contribution >= 0.6 is 12.6 Å². The molecule has 0 radical (unpaired) electrons. The normalized spacial score (nSPS) is 13.3. The van der Waals surface area contributed by atoms with Crippen molar-refractivity contribution in [2.75, 3.05) is 12.3 Å². The summed E-state index contributed by atoms with van der Waals surface area (Å²) >= 11 is 4.24. The minimum absolute atomic E-state index is 0.0149. The summed E-state index contributed by atoms with van der Waals surface area (Å²) in [5.41, 5.74) is 7.01. The van der Waals surface area contributed by atoms with Crippen LogP contribution in [0, 0.1) is 11.8 Å². The third-order valence-electron chi connectivity index (χ3n) is 6.93. The monoisotopic (exact) mass is 563 g/mol. The molecular weight excluding hydrogens is 526 g/mol. The highest BCUT2D eigenvalue weighted by molar-refractivity contribution is 7.80. The van der Waals surface area contributed by atoms with Gasteiger partial charge < -0.3 is 16.2 Å². The van der Waals surface area contributed by atoms with Crippen LogP contribution in [0.3, 0.4) is 0 Å². The van der Waals surface area contributed by atoms with Gasteiger partial charge in [0, 0.05) is 43.3 Å². The smallest absolute Gasteiger partial charge is 0.306 e. The van der Waals surface area contributed by atoms with E-state index in [1.54, 1.807) is 18.3 Å². The number of amides is 1. The number of carboxylic acids is 1. The molecule has 0 saturated heterocycles. The molecule has 212 valence electrons. The molecule has 0 fully saturated rings. The fraction of sp³-hybridized carbons (Fsp3) is 0.387. The zero-order valence-electron chi connectivity index (χ0n) is 22.5. The topological polar surface area (TPSA) is 139 Å². The molecule has 0 saturated carbocycles. The van der Waals surface area contributed by atoms with Crippen LogP contribution in [0.25, 0.3) is 10.8 Å². The number of Topliss-reactive ketones (excluding diaryl/α,β-unsaturated/α-hetero) is 2. The van der Waals surface area contributed by atoms with E-state index >= 15 is 0 Å². The summed E-state index contributed by atoms with van der Waals surface area (Å²) < 4.78 is 0. The van der Waals surface area contributed by atoms with Gasteiger partial charge in [-0.05, 0) is 47.9 Å². The molecule has 0 bridgehead atoms. The van der Waals surface area contributed by atoms with Crippen molar-refractivity contribution in [3.05, 3.63) is 78.1 Å². The number of carboxylic acid groups (broad SMARTS) is 1. The largest absolute Gasteiger partial charge is 0.481 e. The van der Waals surface area contributed by atoms with Gasteiger partial charge in [-0.2, -0.15) is 12.6 Å². The maximum atomic E-state index is 13.4. The van der Waals surface area contributed by atoms with Crippen LogP contribution in [0.5, 0.6) is 0 Å². The second kappa shape index (κ2) is 15.9. The van der Waals surface area contributed by atoms with Crippen molar-refractivity contribution in [1.29, 1.82) is 0 Å². The Labute approximate surface area is 240 Å². The van der Waals surface area contributed by atoms with Crippen LogP contribution in [0.15, 0.2) is 66.9 Å². The zero-order chi connectivity index (χ0) is 28.9. The van der Waals surface area contributed by atoms with Crippen molar-refractivity contribution in [3.8, 4) is 0 Å². The molecule has 0 spiro atoms. The number of ketones is 2. The highest BCUT2D eigenvalue weighted by atomic mass is 32.1. The number of hydrogen-bond acceptors (Lipinski definition) is 7. The number of nitrogens with two attached hydrogens (primary N) is 1. The Balaban J connectivity index is 1.69. The van der Waals surface area contributed by atoms with Gasteiger partial charge in [0.05, 0.1) is 17.9 Å². The van der Waals surface area contributed by atoms with Gasteiger partial charge in [0.25, 0.3) is 0 Å². The second-order valence-electron chi connectivity index (χ2n) is 10.1. The van der Waals surface area contributed by atoms with E-state index in [-0.39, 0.29) is 37.2 Å². The van der Waals surface area contributed by atoms with E-state index < -0.39 is 35.5 Å². The number of nitrogens with one attached hydrogen (secondary N) is 1. The Kier molecular flexibility index (Phi) is 12.3. The maximum Gasteiger partial charge on any atom is 0.306 e. The number of aromatic nitrogens is 1. The minimum Gasteiger partial charge on any atom is -0.481 e. The molecule has 0 aliphatic heterocycles. The first-order valence-electron chi connectivity index (χ1n) is 13.6. The molecule has 1 aromatic heterocycles. The summed E-state index contributed by atoms with van der Waals surface area (Å²) in [6.45, 7) is 0.451. The lowest BCUT2D eigenvalue weighted by molar-refractivity contribution is -0.144. The number of carbonyl (C=O) groups excluding carboxylic acids is 3. The molecule has 0 aliphatic carbocycles. The van der Waals surface area contributed by atoms with Crippen molar-refractivity contribution in [2.45, 2.75) is 51.0 Å². The number of thiol groups is 1. The molecule has 3 atom stereocenters. The highest BCUT2D eigenvalue weighted by Crippen LogP contribution is 2.20. The Morgan fingerprint density at radius 1 is 0.925 bits per heavy atom. The SMILES string of the molecule is NCCCCC(CC(=O)[C@H](CS)NC(=O)C(CC(=O)Cc1ccc2ccccc2c1)Cc1ccccn1)C(=O)O. The van der Waals surface area contributed by atoms with Gasteiger partial charge in [0.15, 0.2) is 5.78 Å². The van der Waals surface area contributed by atoms with Crippen molar-refractivity contribution in [1.82, 2.24) is 10.3 Å². The van der Waals surface area contributed by atoms with Crippen molar-refractivity contribution in [2.24, 2.45) is 17.6 Å². The van der Waals surface area contributed by atoms with Gasteiger partial charge in [0.1, 0.15) is 5.78 Å². The lowest BCUT2D eigenvalue weighted by atomic mass is 9.91. The first-order chi connectivity index (χ1) is 19.3. The summed E-state index contributed by atoms with van der Waals surface area (Å²) in [6, 6.07) is 18.2. The van der Waals surface area contributed by atoms with E-state index in [2.05, 4.69) is 22.9 Å². The summed E-state index contributed by atoms with van der Waals surface area (Å²) in [4.78, 5) is 55.5. The van der Waals surface area contributed by atoms with Gasteiger partial charge in [-0.3, -0.25) is 24.2 Å². The number of unbranched alkanes of at least 4 members (excludes halogenated alkanes) is 1. The van der Waals surface area contributed by atoms with E-state index in [0.717, 1.165) is 16.3 Å². The number of fused-ring (bicyclic) bond motifs is 1. The zero-order valence-corrected chi connectivity index (χ0v) is 23.4. The summed E-state index contributed by atoms with van der Waals surface area (Å²) in [7, 11) is 0. The summed E-state index contributed by atoms with van der Waals surface area (Å²) in [5, 5.41) is 14.4. The molecule has 2 aromatic carbocycles. The number of rotatable bonds is 17. The predicted molar refractivity (Wildman–Crippen MR) is 158 cm³/mol. The Bertz CT molecular complexity index is 1300. The van der Waals surface area contributed by atoms with E-state index in [0.29, 0.717) is 31.5 Å². The van der Waals surface area contributed by atoms with Crippen molar-refractivity contribution < 1.29 is 24.3 Å². The number of aliphatic carboxylic acids is 1. The van der Waals surface area contributed by atoms with Crippen LogP contribution in [0.1, 0.15) is 43.4 Å². The molecule has 3 rings (SSSR count).